The molecule has 0 saturated carbocycles. The number of hydrogen-bond acceptors (Lipinski definition) is 3. The monoisotopic (exact) mass is 244 g/mol. The van der Waals surface area contributed by atoms with Gasteiger partial charge >= 0.3 is 0 Å². The topological polar surface area (TPSA) is 35.6 Å². The SMILES string of the molecule is C1=CC2CC1SC2(n1ccnc1)n1ccnc1. The van der Waals surface area contributed by atoms with Gasteiger partial charge in [-0.2, -0.15) is 0 Å². The van der Waals surface area contributed by atoms with Gasteiger partial charge in [0.1, 0.15) is 0 Å². The Balaban J connectivity index is 1.93. The minimum Gasteiger partial charge on any atom is -0.304 e. The van der Waals surface area contributed by atoms with Gasteiger partial charge in [0.15, 0.2) is 4.99 Å². The molecule has 1 aliphatic heterocycles. The highest BCUT2D eigenvalue weighted by molar-refractivity contribution is 8.01. The average molecular weight is 244 g/mol. The lowest BCUT2D eigenvalue weighted by atomic mass is 10.1. The summed E-state index contributed by atoms with van der Waals surface area (Å²) in [7, 11) is 0. The maximum absolute atomic E-state index is 4.20. The van der Waals surface area contributed by atoms with Gasteiger partial charge in [-0.3, -0.25) is 0 Å². The number of fused-ring (bicyclic) bond motifs is 2. The van der Waals surface area contributed by atoms with Gasteiger partial charge < -0.3 is 9.13 Å². The lowest BCUT2D eigenvalue weighted by Crippen LogP contribution is -2.40. The zero-order chi connectivity index (χ0) is 11.3. The first-order chi connectivity index (χ1) is 8.39. The molecule has 2 unspecified atom stereocenters. The van der Waals surface area contributed by atoms with E-state index in [9.17, 15) is 0 Å². The number of nitrogens with zero attached hydrogens (tertiary/aromatic N) is 4. The van der Waals surface area contributed by atoms with Gasteiger partial charge in [-0.05, 0) is 6.42 Å². The maximum Gasteiger partial charge on any atom is 0.178 e. The molecule has 4 rings (SSSR count). The first kappa shape index (κ1) is 9.53. The van der Waals surface area contributed by atoms with Crippen molar-refractivity contribution in [2.75, 3.05) is 0 Å². The smallest absolute Gasteiger partial charge is 0.178 e. The summed E-state index contributed by atoms with van der Waals surface area (Å²) in [4.78, 5) is 8.29. The molecule has 86 valence electrons. The minimum atomic E-state index is -0.105. The van der Waals surface area contributed by atoms with Crippen LogP contribution in [-0.4, -0.2) is 24.4 Å². The van der Waals surface area contributed by atoms with Crippen LogP contribution in [0.4, 0.5) is 0 Å². The number of allylic oxidation sites excluding steroid dienone is 1. The molecule has 4 nitrogen and oxygen atoms in total. The molecule has 0 radical (unpaired) electrons. The van der Waals surface area contributed by atoms with E-state index in [1.165, 1.54) is 6.42 Å². The Labute approximate surface area is 103 Å². The molecule has 3 heterocycles. The third-order valence-corrected chi connectivity index (χ3v) is 5.32. The fourth-order valence-electron chi connectivity index (χ4n) is 2.88. The summed E-state index contributed by atoms with van der Waals surface area (Å²) in [5.74, 6) is 0.515. The molecule has 17 heavy (non-hydrogen) atoms. The second-order valence-electron chi connectivity index (χ2n) is 4.48. The van der Waals surface area contributed by atoms with Crippen LogP contribution in [-0.2, 0) is 4.99 Å². The first-order valence-electron chi connectivity index (χ1n) is 5.72. The van der Waals surface area contributed by atoms with Crippen molar-refractivity contribution in [3.8, 4) is 0 Å². The molecule has 0 spiro atoms. The summed E-state index contributed by atoms with van der Waals surface area (Å²) in [6.07, 6.45) is 17.4. The van der Waals surface area contributed by atoms with Crippen molar-refractivity contribution in [2.24, 2.45) is 5.92 Å². The lowest BCUT2D eigenvalue weighted by molar-refractivity contribution is 0.297. The Kier molecular flexibility index (Phi) is 1.83. The quantitative estimate of drug-likeness (QED) is 0.757. The van der Waals surface area contributed by atoms with E-state index in [1.54, 1.807) is 0 Å². The van der Waals surface area contributed by atoms with E-state index in [1.807, 2.05) is 49.2 Å². The highest BCUT2D eigenvalue weighted by Crippen LogP contribution is 2.56. The third kappa shape index (κ3) is 1.15. The Morgan fingerprint density at radius 3 is 2.18 bits per heavy atom. The molecule has 1 fully saturated rings. The van der Waals surface area contributed by atoms with Gasteiger partial charge in [-0.1, -0.05) is 12.2 Å². The average Bonchev–Trinajstić information content (AvgIpc) is 3.12. The third-order valence-electron chi connectivity index (χ3n) is 3.60. The van der Waals surface area contributed by atoms with Gasteiger partial charge in [-0.25, -0.2) is 9.97 Å². The number of hydrogen-bond donors (Lipinski definition) is 0. The highest BCUT2D eigenvalue weighted by atomic mass is 32.2. The number of imidazole rings is 2. The molecule has 0 aromatic carbocycles. The molecule has 1 aliphatic carbocycles. The molecule has 0 amide bonds. The molecular formula is C12H12N4S. The van der Waals surface area contributed by atoms with Crippen LogP contribution in [0.5, 0.6) is 0 Å². The first-order valence-corrected chi connectivity index (χ1v) is 6.60. The Morgan fingerprint density at radius 2 is 1.76 bits per heavy atom. The van der Waals surface area contributed by atoms with E-state index in [-0.39, 0.29) is 4.99 Å². The molecule has 2 bridgehead atoms. The summed E-state index contributed by atoms with van der Waals surface area (Å²) < 4.78 is 4.40. The number of rotatable bonds is 2. The number of thioether (sulfide) groups is 1. The zero-order valence-corrected chi connectivity index (χ0v) is 9.99. The minimum absolute atomic E-state index is 0.105. The fraction of sp³-hybridized carbons (Fsp3) is 0.333. The largest absolute Gasteiger partial charge is 0.304 e. The van der Waals surface area contributed by atoms with Crippen LogP contribution in [0, 0.1) is 5.92 Å². The van der Waals surface area contributed by atoms with Gasteiger partial charge in [0, 0.05) is 36.0 Å². The van der Waals surface area contributed by atoms with Crippen molar-refractivity contribution < 1.29 is 0 Å². The summed E-state index contributed by atoms with van der Waals surface area (Å²) in [5, 5.41) is 0.616. The standard InChI is InChI=1S/C12H12N4S/c1-2-11-7-10(1)12(17-11,15-5-3-13-8-15)16-6-4-14-9-16/h1-6,8-11H,7H2. The van der Waals surface area contributed by atoms with Crippen LogP contribution < -0.4 is 0 Å². The maximum atomic E-state index is 4.20. The van der Waals surface area contributed by atoms with Crippen LogP contribution in [0.15, 0.2) is 49.6 Å². The predicted molar refractivity (Wildman–Crippen MR) is 66.5 cm³/mol. The summed E-state index contributed by atoms with van der Waals surface area (Å²) in [6.45, 7) is 0. The predicted octanol–water partition coefficient (Wildman–Crippen LogP) is 1.93. The Hall–Kier alpha value is -1.49. The van der Waals surface area contributed by atoms with Crippen molar-refractivity contribution in [1.82, 2.24) is 19.1 Å². The van der Waals surface area contributed by atoms with Crippen molar-refractivity contribution in [3.05, 3.63) is 49.6 Å². The highest BCUT2D eigenvalue weighted by Gasteiger charge is 2.51. The second kappa shape index (κ2) is 3.26. The Morgan fingerprint density at radius 1 is 1.06 bits per heavy atom. The van der Waals surface area contributed by atoms with E-state index < -0.39 is 0 Å². The lowest BCUT2D eigenvalue weighted by Gasteiger charge is -2.37. The van der Waals surface area contributed by atoms with E-state index in [0.717, 1.165) is 0 Å². The second-order valence-corrected chi connectivity index (χ2v) is 5.92. The van der Waals surface area contributed by atoms with Gasteiger partial charge in [0.25, 0.3) is 0 Å². The van der Waals surface area contributed by atoms with E-state index in [4.69, 9.17) is 0 Å². The molecular weight excluding hydrogens is 232 g/mol. The molecule has 2 aromatic rings. The van der Waals surface area contributed by atoms with Crippen LogP contribution >= 0.6 is 11.8 Å². The van der Waals surface area contributed by atoms with Crippen LogP contribution in [0.2, 0.25) is 0 Å². The van der Waals surface area contributed by atoms with Crippen LogP contribution in [0.3, 0.4) is 0 Å². The van der Waals surface area contributed by atoms with Gasteiger partial charge in [0.2, 0.25) is 0 Å². The fourth-order valence-corrected chi connectivity index (χ4v) is 4.60. The van der Waals surface area contributed by atoms with Crippen molar-refractivity contribution >= 4 is 11.8 Å². The summed E-state index contributed by atoms with van der Waals surface area (Å²) in [5.41, 5.74) is 0. The molecule has 0 N–H and O–H groups in total. The van der Waals surface area contributed by atoms with Crippen molar-refractivity contribution in [3.63, 3.8) is 0 Å². The summed E-state index contributed by atoms with van der Waals surface area (Å²) >= 11 is 1.98. The number of aromatic nitrogens is 4. The van der Waals surface area contributed by atoms with Crippen molar-refractivity contribution in [2.45, 2.75) is 16.7 Å². The molecule has 2 aromatic heterocycles. The van der Waals surface area contributed by atoms with Crippen LogP contribution in [0.1, 0.15) is 6.42 Å². The van der Waals surface area contributed by atoms with Crippen molar-refractivity contribution in [1.29, 1.82) is 0 Å². The van der Waals surface area contributed by atoms with Crippen LogP contribution in [0.25, 0.3) is 0 Å². The summed E-state index contributed by atoms with van der Waals surface area (Å²) in [6, 6.07) is 0. The Bertz CT molecular complexity index is 509. The molecule has 2 aliphatic rings. The van der Waals surface area contributed by atoms with Gasteiger partial charge in [-0.15, -0.1) is 11.8 Å². The van der Waals surface area contributed by atoms with Gasteiger partial charge in [0.05, 0.1) is 12.7 Å². The van der Waals surface area contributed by atoms with E-state index in [2.05, 4.69) is 31.3 Å². The molecule has 2 atom stereocenters. The van der Waals surface area contributed by atoms with E-state index >= 15 is 0 Å². The van der Waals surface area contributed by atoms with E-state index in [0.29, 0.717) is 11.2 Å². The molecule has 5 heteroatoms. The zero-order valence-electron chi connectivity index (χ0n) is 9.18. The molecule has 1 saturated heterocycles. The normalized spacial score (nSPS) is 28.9.